The molecule has 0 spiro atoms. The summed E-state index contributed by atoms with van der Waals surface area (Å²) in [4.78, 5) is 29.2. The van der Waals surface area contributed by atoms with Gasteiger partial charge in [0, 0.05) is 13.0 Å². The molecule has 4 nitrogen and oxygen atoms in total. The van der Waals surface area contributed by atoms with Gasteiger partial charge in [-0.2, -0.15) is 0 Å². The Morgan fingerprint density at radius 2 is 1.35 bits per heavy atom. The fourth-order valence-corrected chi connectivity index (χ4v) is 6.36. The Labute approximate surface area is 273 Å². The van der Waals surface area contributed by atoms with Crippen molar-refractivity contribution in [2.75, 3.05) is 13.2 Å². The molecule has 0 aliphatic heterocycles. The number of unbranched alkanes of at least 4 members (excludes halogenated alkanes) is 2. The molecule has 5 aromatic rings. The lowest BCUT2D eigenvalue weighted by Gasteiger charge is -2.39. The van der Waals surface area contributed by atoms with Crippen molar-refractivity contribution in [2.24, 2.45) is 5.41 Å². The maximum atomic E-state index is 15.4. The summed E-state index contributed by atoms with van der Waals surface area (Å²) in [5.41, 5.74) is 0.691. The Morgan fingerprint density at radius 1 is 0.739 bits per heavy atom. The highest BCUT2D eigenvalue weighted by molar-refractivity contribution is 6.07. The molecule has 5 aromatic carbocycles. The number of ketones is 1. The van der Waals surface area contributed by atoms with Crippen molar-refractivity contribution in [2.45, 2.75) is 71.0 Å². The number of ether oxygens (including phenoxy) is 2. The number of rotatable bonds is 15. The lowest BCUT2D eigenvalue weighted by molar-refractivity contribution is -0.163. The predicted molar refractivity (Wildman–Crippen MR) is 188 cm³/mol. The molecule has 0 bridgehead atoms. The summed E-state index contributed by atoms with van der Waals surface area (Å²) < 4.78 is 13.3. The van der Waals surface area contributed by atoms with Crippen LogP contribution in [0.1, 0.15) is 69.6 Å². The monoisotopic (exact) mass is 614 g/mol. The first-order chi connectivity index (χ1) is 22.3. The Bertz CT molecular complexity index is 1740. The summed E-state index contributed by atoms with van der Waals surface area (Å²) in [6.45, 7) is 9.02. The number of benzene rings is 5. The fourth-order valence-electron chi connectivity index (χ4n) is 6.36. The predicted octanol–water partition coefficient (Wildman–Crippen LogP) is 9.51. The molecule has 0 N–H and O–H groups in total. The molecule has 3 unspecified atom stereocenters. The second-order valence-corrected chi connectivity index (χ2v) is 13.4. The zero-order valence-electron chi connectivity index (χ0n) is 27.6. The van der Waals surface area contributed by atoms with Gasteiger partial charge in [0.2, 0.25) is 5.78 Å². The molecule has 46 heavy (non-hydrogen) atoms. The zero-order chi connectivity index (χ0) is 32.6. The van der Waals surface area contributed by atoms with Gasteiger partial charge in [-0.15, -0.1) is 0 Å². The quantitative estimate of drug-likeness (QED) is 0.0670. The van der Waals surface area contributed by atoms with Crippen LogP contribution in [0.5, 0.6) is 0 Å². The van der Waals surface area contributed by atoms with E-state index in [-0.39, 0.29) is 17.8 Å². The Kier molecular flexibility index (Phi) is 10.8. The number of aldehydes is 1. The van der Waals surface area contributed by atoms with Gasteiger partial charge in [0.05, 0.1) is 12.5 Å². The average Bonchev–Trinajstić information content (AvgIpc) is 3.08. The topological polar surface area (TPSA) is 52.6 Å². The van der Waals surface area contributed by atoms with Crippen molar-refractivity contribution in [3.8, 4) is 0 Å². The molecule has 0 aliphatic rings. The molecular weight excluding hydrogens is 568 g/mol. The van der Waals surface area contributed by atoms with E-state index in [0.29, 0.717) is 13.0 Å². The molecule has 0 aliphatic carbocycles. The maximum absolute atomic E-state index is 15.4. The molecule has 238 valence electrons. The number of fused-ring (bicyclic) bond motifs is 2. The number of Topliss-reactive ketones (excluding diaryl/α,β-unsaturated/α-hetero) is 1. The first kappa shape index (κ1) is 33.2. The van der Waals surface area contributed by atoms with Gasteiger partial charge in [-0.25, -0.2) is 0 Å². The third-order valence-electron chi connectivity index (χ3n) is 8.64. The minimum absolute atomic E-state index is 0.197. The van der Waals surface area contributed by atoms with E-state index in [1.54, 1.807) is 0 Å². The van der Waals surface area contributed by atoms with Gasteiger partial charge in [-0.1, -0.05) is 156 Å². The summed E-state index contributed by atoms with van der Waals surface area (Å²) in [7, 11) is 0. The van der Waals surface area contributed by atoms with Crippen LogP contribution in [0.15, 0.2) is 115 Å². The number of carbonyl (C=O) groups excluding carboxylic acids is 2. The van der Waals surface area contributed by atoms with Crippen LogP contribution in [0.2, 0.25) is 0 Å². The number of hydrogen-bond donors (Lipinski definition) is 0. The fraction of sp³-hybridized carbons (Fsp3) is 0.333. The van der Waals surface area contributed by atoms with Crippen molar-refractivity contribution < 1.29 is 19.1 Å². The van der Waals surface area contributed by atoms with Gasteiger partial charge in [0.25, 0.3) is 0 Å². The van der Waals surface area contributed by atoms with Crippen molar-refractivity contribution in [1.82, 2.24) is 0 Å². The van der Waals surface area contributed by atoms with E-state index < -0.39 is 17.6 Å². The normalized spacial score (nSPS) is 14.5. The molecule has 0 aromatic heterocycles. The third kappa shape index (κ3) is 7.46. The van der Waals surface area contributed by atoms with E-state index >= 15 is 4.79 Å². The van der Waals surface area contributed by atoms with Crippen LogP contribution in [0.25, 0.3) is 21.5 Å². The van der Waals surface area contributed by atoms with Crippen molar-refractivity contribution in [3.63, 3.8) is 0 Å². The second-order valence-electron chi connectivity index (χ2n) is 13.4. The second kappa shape index (κ2) is 15.0. The van der Waals surface area contributed by atoms with Crippen LogP contribution in [0.4, 0.5) is 0 Å². The first-order valence-corrected chi connectivity index (χ1v) is 16.5. The van der Waals surface area contributed by atoms with E-state index in [1.165, 1.54) is 0 Å². The lowest BCUT2D eigenvalue weighted by Crippen LogP contribution is -2.55. The summed E-state index contributed by atoms with van der Waals surface area (Å²) in [5.74, 6) is -1.04. The van der Waals surface area contributed by atoms with Crippen LogP contribution < -0.4 is 0 Å². The highest BCUT2D eigenvalue weighted by Crippen LogP contribution is 2.42. The van der Waals surface area contributed by atoms with E-state index in [2.05, 4.69) is 64.1 Å². The van der Waals surface area contributed by atoms with Crippen molar-refractivity contribution in [3.05, 3.63) is 132 Å². The number of carbonyl (C=O) groups is 2. The Morgan fingerprint density at radius 3 is 2.02 bits per heavy atom. The van der Waals surface area contributed by atoms with Gasteiger partial charge >= 0.3 is 0 Å². The van der Waals surface area contributed by atoms with Gasteiger partial charge < -0.3 is 9.47 Å². The van der Waals surface area contributed by atoms with Gasteiger partial charge in [-0.3, -0.25) is 9.59 Å². The largest absolute Gasteiger partial charge is 0.369 e. The molecule has 0 amide bonds. The van der Waals surface area contributed by atoms with Gasteiger partial charge in [0.1, 0.15) is 6.10 Å². The van der Waals surface area contributed by atoms with E-state index in [9.17, 15) is 4.79 Å². The van der Waals surface area contributed by atoms with Crippen LogP contribution in [0, 0.1) is 5.41 Å². The van der Waals surface area contributed by atoms with E-state index in [4.69, 9.17) is 9.47 Å². The molecule has 3 atom stereocenters. The SMILES string of the molecule is CCCCCOC(C=O)(C(=O)C(Cc1cccc2ccccc12)OCC(C)(C)C)C(c1ccccc1)c1cccc2ccccc12. The molecule has 4 heteroatoms. The first-order valence-electron chi connectivity index (χ1n) is 16.5. The molecule has 0 heterocycles. The van der Waals surface area contributed by atoms with E-state index in [1.807, 2.05) is 78.9 Å². The molecular formula is C42H46O4. The van der Waals surface area contributed by atoms with Crippen molar-refractivity contribution >= 4 is 33.6 Å². The zero-order valence-corrected chi connectivity index (χ0v) is 27.6. The molecule has 0 saturated carbocycles. The minimum atomic E-state index is -1.83. The van der Waals surface area contributed by atoms with Gasteiger partial charge in [-0.05, 0) is 50.1 Å². The summed E-state index contributed by atoms with van der Waals surface area (Å²) in [6, 6.07) is 38.3. The Balaban J connectivity index is 1.70. The number of hydrogen-bond acceptors (Lipinski definition) is 4. The summed E-state index contributed by atoms with van der Waals surface area (Å²) >= 11 is 0. The van der Waals surface area contributed by atoms with Crippen molar-refractivity contribution in [1.29, 1.82) is 0 Å². The van der Waals surface area contributed by atoms with E-state index in [0.717, 1.165) is 63.8 Å². The third-order valence-corrected chi connectivity index (χ3v) is 8.64. The minimum Gasteiger partial charge on any atom is -0.369 e. The highest BCUT2D eigenvalue weighted by Gasteiger charge is 2.52. The van der Waals surface area contributed by atoms with Gasteiger partial charge in [0.15, 0.2) is 11.9 Å². The summed E-state index contributed by atoms with van der Waals surface area (Å²) in [5, 5.41) is 4.18. The average molecular weight is 615 g/mol. The van der Waals surface area contributed by atoms with Crippen LogP contribution in [0.3, 0.4) is 0 Å². The summed E-state index contributed by atoms with van der Waals surface area (Å²) in [6.07, 6.45) is 2.84. The highest BCUT2D eigenvalue weighted by atomic mass is 16.5. The lowest BCUT2D eigenvalue weighted by atomic mass is 9.72. The molecule has 5 rings (SSSR count). The van der Waals surface area contributed by atoms with Crippen LogP contribution >= 0.6 is 0 Å². The van der Waals surface area contributed by atoms with Crippen LogP contribution in [-0.2, 0) is 25.5 Å². The smallest absolute Gasteiger partial charge is 0.201 e. The maximum Gasteiger partial charge on any atom is 0.201 e. The molecule has 0 radical (unpaired) electrons. The molecule has 0 fully saturated rings. The molecule has 0 saturated heterocycles. The Hall–Kier alpha value is -4.12. The van der Waals surface area contributed by atoms with Crippen LogP contribution in [-0.4, -0.2) is 37.0 Å². The standard InChI is InChI=1S/C42H46O4/c1-5-6-14-27-46-42(29-43,39(33-19-8-7-9-20-33)37-26-16-22-32-18-11-13-25-36(32)37)40(44)38(45-30-41(2,3)4)28-34-23-15-21-31-17-10-12-24-35(31)34/h7-13,15-26,29,38-39H,5-6,14,27-28,30H2,1-4H3.